The summed E-state index contributed by atoms with van der Waals surface area (Å²) in [5, 5.41) is 2.58. The van der Waals surface area contributed by atoms with Crippen molar-refractivity contribution in [3.8, 4) is 0 Å². The maximum atomic E-state index is 12.2. The van der Waals surface area contributed by atoms with Gasteiger partial charge in [0, 0.05) is 18.3 Å². The van der Waals surface area contributed by atoms with Crippen LogP contribution in [0.1, 0.15) is 18.3 Å². The van der Waals surface area contributed by atoms with E-state index in [-0.39, 0.29) is 17.3 Å². The highest BCUT2D eigenvalue weighted by Crippen LogP contribution is 2.14. The highest BCUT2D eigenvalue weighted by molar-refractivity contribution is 7.89. The first kappa shape index (κ1) is 16.1. The fraction of sp³-hybridized carbons (Fsp3) is 0.214. The second-order valence-electron chi connectivity index (χ2n) is 4.68. The zero-order valence-corrected chi connectivity index (χ0v) is 13.0. The molecule has 1 heterocycles. The van der Waals surface area contributed by atoms with Crippen molar-refractivity contribution in [3.63, 3.8) is 0 Å². The minimum absolute atomic E-state index is 0.0825. The third-order valence-electron chi connectivity index (χ3n) is 2.79. The van der Waals surface area contributed by atoms with Crippen LogP contribution in [-0.4, -0.2) is 24.3 Å². The normalized spacial score (nSPS) is 11.2. The van der Waals surface area contributed by atoms with Crippen LogP contribution in [0.15, 0.2) is 41.6 Å². The molecule has 2 N–H and O–H groups in total. The molecule has 0 unspecified atom stereocenters. The van der Waals surface area contributed by atoms with Crippen molar-refractivity contribution in [2.45, 2.75) is 25.3 Å². The molecule has 1 amide bonds. The van der Waals surface area contributed by atoms with E-state index in [0.717, 1.165) is 5.69 Å². The Hall–Kier alpha value is -2.32. The van der Waals surface area contributed by atoms with Crippen molar-refractivity contribution in [1.29, 1.82) is 0 Å². The first-order chi connectivity index (χ1) is 10.4. The standard InChI is InChI=1S/C14H16N4O3S/c1-10-7-13(16-9-15-10)8-17-22(20,21)14-5-3-12(4-6-14)18-11(2)19/h3-7,9,17H,8H2,1-2H3,(H,18,19). The van der Waals surface area contributed by atoms with Crippen molar-refractivity contribution in [1.82, 2.24) is 14.7 Å². The maximum Gasteiger partial charge on any atom is 0.240 e. The molecule has 0 fully saturated rings. The van der Waals surface area contributed by atoms with Gasteiger partial charge < -0.3 is 5.32 Å². The van der Waals surface area contributed by atoms with Crippen LogP contribution in [0.25, 0.3) is 0 Å². The lowest BCUT2D eigenvalue weighted by Crippen LogP contribution is -2.23. The van der Waals surface area contributed by atoms with Crippen LogP contribution in [0, 0.1) is 6.92 Å². The van der Waals surface area contributed by atoms with E-state index in [0.29, 0.717) is 11.4 Å². The lowest BCUT2D eigenvalue weighted by molar-refractivity contribution is -0.114. The molecule has 22 heavy (non-hydrogen) atoms. The second-order valence-corrected chi connectivity index (χ2v) is 6.45. The summed E-state index contributed by atoms with van der Waals surface area (Å²) in [6, 6.07) is 7.63. The Kier molecular flexibility index (Phi) is 4.84. The predicted molar refractivity (Wildman–Crippen MR) is 81.5 cm³/mol. The van der Waals surface area contributed by atoms with Crippen molar-refractivity contribution in [3.05, 3.63) is 48.0 Å². The van der Waals surface area contributed by atoms with Gasteiger partial charge >= 0.3 is 0 Å². The molecular weight excluding hydrogens is 304 g/mol. The molecule has 1 aromatic carbocycles. The van der Waals surface area contributed by atoms with Crippen molar-refractivity contribution in [2.75, 3.05) is 5.32 Å². The lowest BCUT2D eigenvalue weighted by Gasteiger charge is -2.08. The minimum atomic E-state index is -3.64. The number of sulfonamides is 1. The molecule has 0 bridgehead atoms. The Labute approximate surface area is 128 Å². The Balaban J connectivity index is 2.08. The van der Waals surface area contributed by atoms with Crippen LogP contribution < -0.4 is 10.0 Å². The van der Waals surface area contributed by atoms with Crippen LogP contribution in [0.5, 0.6) is 0 Å². The smallest absolute Gasteiger partial charge is 0.240 e. The van der Waals surface area contributed by atoms with Gasteiger partial charge in [-0.15, -0.1) is 0 Å². The van der Waals surface area contributed by atoms with Gasteiger partial charge in [-0.2, -0.15) is 0 Å². The van der Waals surface area contributed by atoms with E-state index in [1.807, 2.05) is 0 Å². The Morgan fingerprint density at radius 2 is 1.86 bits per heavy atom. The summed E-state index contributed by atoms with van der Waals surface area (Å²) in [7, 11) is -3.64. The SMILES string of the molecule is CC(=O)Nc1ccc(S(=O)(=O)NCc2cc(C)ncn2)cc1. The number of nitrogens with one attached hydrogen (secondary N) is 2. The average Bonchev–Trinajstić information content (AvgIpc) is 2.45. The van der Waals surface area contributed by atoms with E-state index in [1.54, 1.807) is 13.0 Å². The number of benzene rings is 1. The molecule has 7 nitrogen and oxygen atoms in total. The van der Waals surface area contributed by atoms with Crippen LogP contribution in [-0.2, 0) is 21.4 Å². The Bertz CT molecular complexity index is 773. The molecule has 0 aliphatic carbocycles. The molecular formula is C14H16N4O3S. The zero-order valence-electron chi connectivity index (χ0n) is 12.2. The summed E-state index contributed by atoms with van der Waals surface area (Å²) in [6.45, 7) is 3.27. The number of anilines is 1. The van der Waals surface area contributed by atoms with Gasteiger partial charge in [-0.3, -0.25) is 4.79 Å². The van der Waals surface area contributed by atoms with E-state index in [4.69, 9.17) is 0 Å². The van der Waals surface area contributed by atoms with Gasteiger partial charge in [-0.1, -0.05) is 0 Å². The van der Waals surface area contributed by atoms with Crippen molar-refractivity contribution in [2.24, 2.45) is 0 Å². The summed E-state index contributed by atoms with van der Waals surface area (Å²) in [5.74, 6) is -0.215. The summed E-state index contributed by atoms with van der Waals surface area (Å²) >= 11 is 0. The number of rotatable bonds is 5. The molecule has 116 valence electrons. The van der Waals surface area contributed by atoms with Crippen molar-refractivity contribution < 1.29 is 13.2 Å². The van der Waals surface area contributed by atoms with Gasteiger partial charge in [0.2, 0.25) is 15.9 Å². The summed E-state index contributed by atoms with van der Waals surface area (Å²) in [6.07, 6.45) is 1.39. The lowest BCUT2D eigenvalue weighted by atomic mass is 10.3. The summed E-state index contributed by atoms with van der Waals surface area (Å²) in [5.41, 5.74) is 1.90. The summed E-state index contributed by atoms with van der Waals surface area (Å²) < 4.78 is 26.8. The van der Waals surface area contributed by atoms with Crippen LogP contribution >= 0.6 is 0 Å². The first-order valence-corrected chi connectivity index (χ1v) is 8.00. The zero-order chi connectivity index (χ0) is 16.2. The molecule has 0 radical (unpaired) electrons. The molecule has 8 heteroatoms. The number of carbonyl (C=O) groups is 1. The maximum absolute atomic E-state index is 12.2. The fourth-order valence-electron chi connectivity index (χ4n) is 1.78. The highest BCUT2D eigenvalue weighted by atomic mass is 32.2. The third-order valence-corrected chi connectivity index (χ3v) is 4.21. The van der Waals surface area contributed by atoms with Gasteiger partial charge in [-0.25, -0.2) is 23.1 Å². The molecule has 0 saturated carbocycles. The van der Waals surface area contributed by atoms with Gasteiger partial charge in [0.25, 0.3) is 0 Å². The average molecular weight is 320 g/mol. The van der Waals surface area contributed by atoms with Crippen LogP contribution in [0.3, 0.4) is 0 Å². The van der Waals surface area contributed by atoms with Crippen molar-refractivity contribution >= 4 is 21.6 Å². The molecule has 0 spiro atoms. The number of aromatic nitrogens is 2. The fourth-order valence-corrected chi connectivity index (χ4v) is 2.78. The van der Waals surface area contributed by atoms with Gasteiger partial charge in [0.15, 0.2) is 0 Å². The number of hydrogen-bond acceptors (Lipinski definition) is 5. The minimum Gasteiger partial charge on any atom is -0.326 e. The number of aryl methyl sites for hydroxylation is 1. The van der Waals surface area contributed by atoms with E-state index >= 15 is 0 Å². The van der Waals surface area contributed by atoms with E-state index in [2.05, 4.69) is 20.0 Å². The van der Waals surface area contributed by atoms with E-state index < -0.39 is 10.0 Å². The van der Waals surface area contributed by atoms with Gasteiger partial charge in [-0.05, 0) is 37.3 Å². The number of nitrogens with zero attached hydrogens (tertiary/aromatic N) is 2. The summed E-state index contributed by atoms with van der Waals surface area (Å²) in [4.78, 5) is 19.0. The van der Waals surface area contributed by atoms with Crippen LogP contribution in [0.2, 0.25) is 0 Å². The Morgan fingerprint density at radius 1 is 1.18 bits per heavy atom. The first-order valence-electron chi connectivity index (χ1n) is 6.52. The number of amides is 1. The number of hydrogen-bond donors (Lipinski definition) is 2. The topological polar surface area (TPSA) is 101 Å². The number of carbonyl (C=O) groups excluding carboxylic acids is 1. The van der Waals surface area contributed by atoms with E-state index in [1.165, 1.54) is 37.5 Å². The monoisotopic (exact) mass is 320 g/mol. The van der Waals surface area contributed by atoms with Gasteiger partial charge in [0.1, 0.15) is 6.33 Å². The second kappa shape index (κ2) is 6.63. The van der Waals surface area contributed by atoms with E-state index in [9.17, 15) is 13.2 Å². The highest BCUT2D eigenvalue weighted by Gasteiger charge is 2.14. The molecule has 2 rings (SSSR count). The largest absolute Gasteiger partial charge is 0.326 e. The molecule has 0 saturated heterocycles. The predicted octanol–water partition coefficient (Wildman–Crippen LogP) is 1.22. The molecule has 0 aliphatic rings. The third kappa shape index (κ3) is 4.34. The van der Waals surface area contributed by atoms with Gasteiger partial charge in [0.05, 0.1) is 17.1 Å². The molecule has 0 atom stereocenters. The molecule has 0 aliphatic heterocycles. The molecule has 2 aromatic rings. The van der Waals surface area contributed by atoms with Crippen LogP contribution in [0.4, 0.5) is 5.69 Å². The Morgan fingerprint density at radius 3 is 2.45 bits per heavy atom. The quantitative estimate of drug-likeness (QED) is 0.862. The molecule has 1 aromatic heterocycles.